The highest BCUT2D eigenvalue weighted by molar-refractivity contribution is 7.99. The summed E-state index contributed by atoms with van der Waals surface area (Å²) in [5, 5.41) is 2.99. The van der Waals surface area contributed by atoms with Gasteiger partial charge in [-0.3, -0.25) is 4.79 Å². The standard InChI is InChI=1S/C13H21N3O2S/c1-9-6-10(14-5)16-11(15-9)7-19-8-12(17)18-13(2,3)4/h6H,7-8H2,1-5H3,(H,14,15,16). The quantitative estimate of drug-likeness (QED) is 0.837. The molecule has 0 amide bonds. The lowest BCUT2D eigenvalue weighted by Gasteiger charge is -2.19. The molecule has 0 unspecified atom stereocenters. The van der Waals surface area contributed by atoms with Crippen LogP contribution >= 0.6 is 11.8 Å². The summed E-state index contributed by atoms with van der Waals surface area (Å²) in [7, 11) is 1.82. The first-order valence-electron chi connectivity index (χ1n) is 6.12. The molecule has 1 heterocycles. The van der Waals surface area contributed by atoms with Gasteiger partial charge in [-0.15, -0.1) is 11.8 Å². The number of carbonyl (C=O) groups excluding carboxylic acids is 1. The largest absolute Gasteiger partial charge is 0.459 e. The summed E-state index contributed by atoms with van der Waals surface area (Å²) in [5.41, 5.74) is 0.476. The Hall–Kier alpha value is -1.30. The fourth-order valence-corrected chi connectivity index (χ4v) is 2.06. The lowest BCUT2D eigenvalue weighted by Crippen LogP contribution is -2.25. The molecule has 0 aromatic carbocycles. The van der Waals surface area contributed by atoms with Gasteiger partial charge in [-0.1, -0.05) is 0 Å². The molecule has 106 valence electrons. The molecule has 0 saturated heterocycles. The number of rotatable bonds is 5. The summed E-state index contributed by atoms with van der Waals surface area (Å²) in [6.45, 7) is 7.50. The molecule has 1 aromatic rings. The van der Waals surface area contributed by atoms with Gasteiger partial charge in [0.25, 0.3) is 0 Å². The lowest BCUT2D eigenvalue weighted by atomic mass is 10.2. The van der Waals surface area contributed by atoms with Crippen molar-refractivity contribution in [3.8, 4) is 0 Å². The van der Waals surface area contributed by atoms with Crippen molar-refractivity contribution in [1.29, 1.82) is 0 Å². The smallest absolute Gasteiger partial charge is 0.316 e. The molecular weight excluding hydrogens is 262 g/mol. The number of hydrogen-bond acceptors (Lipinski definition) is 6. The van der Waals surface area contributed by atoms with Gasteiger partial charge in [-0.2, -0.15) is 0 Å². The zero-order chi connectivity index (χ0) is 14.5. The van der Waals surface area contributed by atoms with Crippen LogP contribution in [-0.4, -0.2) is 34.3 Å². The van der Waals surface area contributed by atoms with Gasteiger partial charge in [0.2, 0.25) is 0 Å². The molecule has 1 N–H and O–H groups in total. The third-order valence-electron chi connectivity index (χ3n) is 2.03. The molecule has 0 aliphatic carbocycles. The van der Waals surface area contributed by atoms with Crippen LogP contribution in [-0.2, 0) is 15.3 Å². The second-order valence-corrected chi connectivity index (χ2v) is 6.13. The van der Waals surface area contributed by atoms with Crippen LogP contribution in [0.1, 0.15) is 32.3 Å². The van der Waals surface area contributed by atoms with E-state index >= 15 is 0 Å². The van der Waals surface area contributed by atoms with E-state index < -0.39 is 5.60 Å². The number of carbonyl (C=O) groups is 1. The minimum Gasteiger partial charge on any atom is -0.459 e. The molecule has 0 aliphatic rings. The molecule has 0 radical (unpaired) electrons. The van der Waals surface area contributed by atoms with Crippen LogP contribution in [0, 0.1) is 6.92 Å². The maximum absolute atomic E-state index is 11.5. The minimum atomic E-state index is -0.434. The summed E-state index contributed by atoms with van der Waals surface area (Å²) in [5.74, 6) is 2.20. The molecule has 0 fully saturated rings. The molecule has 19 heavy (non-hydrogen) atoms. The van der Waals surface area contributed by atoms with Crippen molar-refractivity contribution in [1.82, 2.24) is 9.97 Å². The summed E-state index contributed by atoms with van der Waals surface area (Å²) >= 11 is 1.46. The average Bonchev–Trinajstić information content (AvgIpc) is 2.25. The van der Waals surface area contributed by atoms with Crippen molar-refractivity contribution >= 4 is 23.5 Å². The van der Waals surface area contributed by atoms with E-state index in [1.165, 1.54) is 11.8 Å². The summed E-state index contributed by atoms with van der Waals surface area (Å²) in [6, 6.07) is 1.88. The van der Waals surface area contributed by atoms with E-state index in [1.54, 1.807) is 0 Å². The predicted octanol–water partition coefficient (Wildman–Crippen LogP) is 2.40. The van der Waals surface area contributed by atoms with Crippen LogP contribution in [0.2, 0.25) is 0 Å². The third kappa shape index (κ3) is 6.42. The van der Waals surface area contributed by atoms with Gasteiger partial charge in [0.1, 0.15) is 17.2 Å². The highest BCUT2D eigenvalue weighted by Gasteiger charge is 2.16. The van der Waals surface area contributed by atoms with Gasteiger partial charge in [0.15, 0.2) is 0 Å². The monoisotopic (exact) mass is 283 g/mol. The van der Waals surface area contributed by atoms with Crippen LogP contribution < -0.4 is 5.32 Å². The number of anilines is 1. The highest BCUT2D eigenvalue weighted by Crippen LogP contribution is 2.14. The van der Waals surface area contributed by atoms with E-state index in [0.717, 1.165) is 17.3 Å². The SMILES string of the molecule is CNc1cc(C)nc(CSCC(=O)OC(C)(C)C)n1. The topological polar surface area (TPSA) is 64.1 Å². The van der Waals surface area contributed by atoms with E-state index in [-0.39, 0.29) is 5.97 Å². The molecule has 1 rings (SSSR count). The second kappa shape index (κ2) is 6.75. The molecule has 6 heteroatoms. The van der Waals surface area contributed by atoms with Crippen LogP contribution in [0.25, 0.3) is 0 Å². The first-order chi connectivity index (χ1) is 8.80. The van der Waals surface area contributed by atoms with E-state index in [2.05, 4.69) is 15.3 Å². The highest BCUT2D eigenvalue weighted by atomic mass is 32.2. The zero-order valence-electron chi connectivity index (χ0n) is 12.1. The molecular formula is C13H21N3O2S. The van der Waals surface area contributed by atoms with Gasteiger partial charge in [0.05, 0.1) is 11.5 Å². The molecule has 0 atom stereocenters. The van der Waals surface area contributed by atoms with Gasteiger partial charge >= 0.3 is 5.97 Å². The first kappa shape index (κ1) is 15.8. The van der Waals surface area contributed by atoms with Crippen molar-refractivity contribution < 1.29 is 9.53 Å². The van der Waals surface area contributed by atoms with E-state index in [0.29, 0.717) is 11.5 Å². The van der Waals surface area contributed by atoms with E-state index in [1.807, 2.05) is 40.8 Å². The molecule has 1 aromatic heterocycles. The van der Waals surface area contributed by atoms with Crippen LogP contribution in [0.15, 0.2) is 6.07 Å². The van der Waals surface area contributed by atoms with Crippen molar-refractivity contribution in [2.75, 3.05) is 18.1 Å². The Morgan fingerprint density at radius 2 is 2.11 bits per heavy atom. The minimum absolute atomic E-state index is 0.209. The number of hydrogen-bond donors (Lipinski definition) is 1. The Morgan fingerprint density at radius 1 is 1.42 bits per heavy atom. The normalized spacial score (nSPS) is 11.2. The lowest BCUT2D eigenvalue weighted by molar-refractivity contribution is -0.151. The van der Waals surface area contributed by atoms with Crippen molar-refractivity contribution in [3.63, 3.8) is 0 Å². The number of ether oxygens (including phenoxy) is 1. The first-order valence-corrected chi connectivity index (χ1v) is 7.27. The fourth-order valence-electron chi connectivity index (χ4n) is 1.42. The maximum Gasteiger partial charge on any atom is 0.316 e. The Balaban J connectivity index is 2.45. The number of nitrogens with zero attached hydrogens (tertiary/aromatic N) is 2. The molecule has 0 aliphatic heterocycles. The molecule has 0 saturated carbocycles. The fraction of sp³-hybridized carbons (Fsp3) is 0.615. The van der Waals surface area contributed by atoms with E-state index in [9.17, 15) is 4.79 Å². The van der Waals surface area contributed by atoms with Gasteiger partial charge in [0, 0.05) is 18.8 Å². The zero-order valence-corrected chi connectivity index (χ0v) is 12.9. The van der Waals surface area contributed by atoms with Gasteiger partial charge < -0.3 is 10.1 Å². The molecule has 5 nitrogen and oxygen atoms in total. The van der Waals surface area contributed by atoms with Crippen LogP contribution in [0.3, 0.4) is 0 Å². The Kier molecular flexibility index (Phi) is 5.60. The summed E-state index contributed by atoms with van der Waals surface area (Å²) < 4.78 is 5.23. The second-order valence-electron chi connectivity index (χ2n) is 5.14. The summed E-state index contributed by atoms with van der Waals surface area (Å²) in [4.78, 5) is 20.2. The van der Waals surface area contributed by atoms with Crippen molar-refractivity contribution in [2.24, 2.45) is 0 Å². The van der Waals surface area contributed by atoms with Crippen molar-refractivity contribution in [2.45, 2.75) is 39.0 Å². The Labute approximate surface area is 118 Å². The predicted molar refractivity (Wildman–Crippen MR) is 78.3 cm³/mol. The number of nitrogens with one attached hydrogen (secondary N) is 1. The van der Waals surface area contributed by atoms with E-state index in [4.69, 9.17) is 4.74 Å². The number of aromatic nitrogens is 2. The van der Waals surface area contributed by atoms with Gasteiger partial charge in [-0.25, -0.2) is 9.97 Å². The summed E-state index contributed by atoms with van der Waals surface area (Å²) in [6.07, 6.45) is 0. The van der Waals surface area contributed by atoms with Crippen molar-refractivity contribution in [3.05, 3.63) is 17.6 Å². The number of aryl methyl sites for hydroxylation is 1. The Bertz CT molecular complexity index is 444. The van der Waals surface area contributed by atoms with Crippen LogP contribution in [0.4, 0.5) is 5.82 Å². The third-order valence-corrected chi connectivity index (χ3v) is 2.93. The average molecular weight is 283 g/mol. The maximum atomic E-state index is 11.5. The van der Waals surface area contributed by atoms with Gasteiger partial charge in [-0.05, 0) is 27.7 Å². The number of esters is 1. The molecule has 0 spiro atoms. The van der Waals surface area contributed by atoms with Crippen LogP contribution in [0.5, 0.6) is 0 Å². The molecule has 0 bridgehead atoms. The number of thioether (sulfide) groups is 1. The Morgan fingerprint density at radius 3 is 2.68 bits per heavy atom.